The first-order chi connectivity index (χ1) is 11.6. The van der Waals surface area contributed by atoms with Crippen molar-refractivity contribution in [2.24, 2.45) is 0 Å². The molecule has 2 aromatic heterocycles. The zero-order valence-electron chi connectivity index (χ0n) is 14.7. The fraction of sp³-hybridized carbons (Fsp3) is 0.316. The lowest BCUT2D eigenvalue weighted by molar-refractivity contribution is 0.188. The minimum Gasteiger partial charge on any atom is -0.383 e. The van der Waals surface area contributed by atoms with Crippen molar-refractivity contribution in [2.75, 3.05) is 19.0 Å². The molecule has 3 rings (SSSR count). The number of fused-ring (bicyclic) bond motifs is 1. The minimum atomic E-state index is -0.236. The van der Waals surface area contributed by atoms with Gasteiger partial charge < -0.3 is 14.6 Å². The van der Waals surface area contributed by atoms with E-state index in [4.69, 9.17) is 4.74 Å². The summed E-state index contributed by atoms with van der Waals surface area (Å²) in [6.07, 6.45) is 1.84. The maximum absolute atomic E-state index is 13.0. The highest BCUT2D eigenvalue weighted by molar-refractivity contribution is 5.87. The fourth-order valence-electron chi connectivity index (χ4n) is 3.01. The molecule has 0 aliphatic carbocycles. The van der Waals surface area contributed by atoms with Crippen molar-refractivity contribution in [3.05, 3.63) is 59.3 Å². The van der Waals surface area contributed by atoms with Crippen LogP contribution in [-0.2, 0) is 17.8 Å². The minimum absolute atomic E-state index is 0. The second-order valence-electron chi connectivity index (χ2n) is 5.87. The third-order valence-electron chi connectivity index (χ3n) is 4.44. The van der Waals surface area contributed by atoms with Gasteiger partial charge in [-0.2, -0.15) is 0 Å². The summed E-state index contributed by atoms with van der Waals surface area (Å²) in [6, 6.07) is 8.42. The van der Waals surface area contributed by atoms with E-state index in [0.29, 0.717) is 13.2 Å². The first kappa shape index (κ1) is 19.2. The molecule has 0 aliphatic heterocycles. The number of aryl methyl sites for hydroxylation is 1. The summed E-state index contributed by atoms with van der Waals surface area (Å²) < 4.78 is 20.5. The third kappa shape index (κ3) is 3.94. The lowest BCUT2D eigenvalue weighted by Gasteiger charge is -2.12. The zero-order valence-corrected chi connectivity index (χ0v) is 15.5. The number of nitrogens with one attached hydrogen (secondary N) is 1. The van der Waals surface area contributed by atoms with Gasteiger partial charge in [-0.25, -0.2) is 4.39 Å². The molecule has 0 bridgehead atoms. The number of methoxy groups -OCH3 is 1. The number of halogens is 2. The maximum Gasteiger partial charge on any atom is 0.123 e. The first-order valence-corrected chi connectivity index (χ1v) is 8.03. The summed E-state index contributed by atoms with van der Waals surface area (Å²) in [5, 5.41) is 4.54. The van der Waals surface area contributed by atoms with Crippen LogP contribution in [0.5, 0.6) is 0 Å². The molecule has 25 heavy (non-hydrogen) atoms. The highest BCUT2D eigenvalue weighted by atomic mass is 35.5. The average molecular weight is 364 g/mol. The van der Waals surface area contributed by atoms with Crippen LogP contribution in [0.2, 0.25) is 0 Å². The topological polar surface area (TPSA) is 39.1 Å². The summed E-state index contributed by atoms with van der Waals surface area (Å²) in [5.41, 5.74) is 5.49. The monoisotopic (exact) mass is 363 g/mol. The van der Waals surface area contributed by atoms with Crippen molar-refractivity contribution in [3.63, 3.8) is 0 Å². The second-order valence-corrected chi connectivity index (χ2v) is 5.87. The van der Waals surface area contributed by atoms with Crippen molar-refractivity contribution in [1.29, 1.82) is 0 Å². The maximum atomic E-state index is 13.0. The number of ether oxygens (including phenoxy) is 1. The summed E-state index contributed by atoms with van der Waals surface area (Å²) in [6.45, 7) is 6.30. The molecule has 0 saturated carbocycles. The van der Waals surface area contributed by atoms with Crippen LogP contribution in [-0.4, -0.2) is 23.3 Å². The molecule has 0 amide bonds. The van der Waals surface area contributed by atoms with Crippen LogP contribution in [0.4, 0.5) is 10.1 Å². The Hall–Kier alpha value is -2.11. The van der Waals surface area contributed by atoms with Crippen LogP contribution in [0.3, 0.4) is 0 Å². The highest BCUT2D eigenvalue weighted by Gasteiger charge is 2.14. The van der Waals surface area contributed by atoms with Crippen LogP contribution in [0.25, 0.3) is 10.9 Å². The Morgan fingerprint density at radius 1 is 1.16 bits per heavy atom. The van der Waals surface area contributed by atoms with Gasteiger partial charge in [0.2, 0.25) is 0 Å². The Kier molecular flexibility index (Phi) is 6.39. The summed E-state index contributed by atoms with van der Waals surface area (Å²) >= 11 is 0. The van der Waals surface area contributed by atoms with E-state index >= 15 is 0 Å². The second kappa shape index (κ2) is 8.32. The Bertz CT molecular complexity index is 846. The van der Waals surface area contributed by atoms with E-state index < -0.39 is 0 Å². The molecule has 2 heterocycles. The number of aromatic nitrogens is 2. The molecule has 3 aromatic rings. The zero-order chi connectivity index (χ0) is 17.1. The van der Waals surface area contributed by atoms with E-state index in [1.807, 2.05) is 6.20 Å². The smallest absolute Gasteiger partial charge is 0.123 e. The van der Waals surface area contributed by atoms with Gasteiger partial charge in [0.1, 0.15) is 5.82 Å². The summed E-state index contributed by atoms with van der Waals surface area (Å²) in [4.78, 5) is 4.56. The number of benzene rings is 1. The molecule has 4 nitrogen and oxygen atoms in total. The summed E-state index contributed by atoms with van der Waals surface area (Å²) in [5.74, 6) is -0.236. The molecular weight excluding hydrogens is 341 g/mol. The molecule has 0 radical (unpaired) electrons. The first-order valence-electron chi connectivity index (χ1n) is 8.03. The van der Waals surface area contributed by atoms with Crippen molar-refractivity contribution in [3.8, 4) is 0 Å². The largest absolute Gasteiger partial charge is 0.383 e. The predicted octanol–water partition coefficient (Wildman–Crippen LogP) is 4.47. The highest BCUT2D eigenvalue weighted by Crippen LogP contribution is 2.27. The number of nitrogens with zero attached hydrogens (tertiary/aromatic N) is 2. The van der Waals surface area contributed by atoms with Crippen LogP contribution >= 0.6 is 12.4 Å². The van der Waals surface area contributed by atoms with Gasteiger partial charge in [-0.3, -0.25) is 4.98 Å². The molecule has 134 valence electrons. The van der Waals surface area contributed by atoms with Gasteiger partial charge in [0.25, 0.3) is 0 Å². The van der Waals surface area contributed by atoms with Crippen LogP contribution < -0.4 is 5.32 Å². The SMILES string of the molecule is COCCn1c(C)c(C)c2ccnc(CNc3ccc(F)cc3)c21.Cl. The Morgan fingerprint density at radius 3 is 2.56 bits per heavy atom. The predicted molar refractivity (Wildman–Crippen MR) is 102 cm³/mol. The van der Waals surface area contributed by atoms with Crippen molar-refractivity contribution < 1.29 is 9.13 Å². The average Bonchev–Trinajstić information content (AvgIpc) is 2.84. The fourth-order valence-corrected chi connectivity index (χ4v) is 3.01. The lowest BCUT2D eigenvalue weighted by atomic mass is 10.1. The van der Waals surface area contributed by atoms with Gasteiger partial charge in [0.15, 0.2) is 0 Å². The molecule has 0 saturated heterocycles. The van der Waals surface area contributed by atoms with Crippen molar-refractivity contribution in [1.82, 2.24) is 9.55 Å². The van der Waals surface area contributed by atoms with Gasteiger partial charge >= 0.3 is 0 Å². The standard InChI is InChI=1S/C19H22FN3O.ClH/c1-13-14(2)23(10-11-24-3)19-17(13)8-9-21-18(19)12-22-16-6-4-15(20)5-7-16;/h4-9,22H,10-12H2,1-3H3;1H. The third-order valence-corrected chi connectivity index (χ3v) is 4.44. The molecule has 0 fully saturated rings. The van der Waals surface area contributed by atoms with E-state index in [2.05, 4.69) is 34.8 Å². The molecule has 0 unspecified atom stereocenters. The van der Waals surface area contributed by atoms with Crippen LogP contribution in [0.1, 0.15) is 17.0 Å². The normalized spacial score (nSPS) is 10.7. The lowest BCUT2D eigenvalue weighted by Crippen LogP contribution is -2.09. The van der Waals surface area contributed by atoms with E-state index in [0.717, 1.165) is 23.4 Å². The Morgan fingerprint density at radius 2 is 1.88 bits per heavy atom. The molecule has 1 N–H and O–H groups in total. The van der Waals surface area contributed by atoms with E-state index in [-0.39, 0.29) is 18.2 Å². The van der Waals surface area contributed by atoms with Crippen molar-refractivity contribution in [2.45, 2.75) is 26.9 Å². The number of pyridine rings is 1. The van der Waals surface area contributed by atoms with Crippen LogP contribution in [0, 0.1) is 19.7 Å². The molecule has 0 aliphatic rings. The van der Waals surface area contributed by atoms with Gasteiger partial charge in [-0.1, -0.05) is 0 Å². The van der Waals surface area contributed by atoms with E-state index in [1.165, 1.54) is 28.8 Å². The molecule has 0 atom stereocenters. The van der Waals surface area contributed by atoms with Gasteiger partial charge in [-0.15, -0.1) is 12.4 Å². The van der Waals surface area contributed by atoms with Gasteiger partial charge in [-0.05, 0) is 49.7 Å². The molecule has 6 heteroatoms. The van der Waals surface area contributed by atoms with E-state index in [1.54, 1.807) is 19.2 Å². The number of hydrogen-bond donors (Lipinski definition) is 1. The van der Waals surface area contributed by atoms with E-state index in [9.17, 15) is 4.39 Å². The van der Waals surface area contributed by atoms with Crippen molar-refractivity contribution >= 4 is 29.0 Å². The Labute approximate surface area is 153 Å². The molecule has 0 spiro atoms. The van der Waals surface area contributed by atoms with Gasteiger partial charge in [0.05, 0.1) is 24.4 Å². The summed E-state index contributed by atoms with van der Waals surface area (Å²) in [7, 11) is 1.71. The molecule has 1 aromatic carbocycles. The van der Waals surface area contributed by atoms with Gasteiger partial charge in [0, 0.05) is 36.6 Å². The number of hydrogen-bond acceptors (Lipinski definition) is 3. The number of anilines is 1. The molecular formula is C19H23ClFN3O. The number of rotatable bonds is 6. The quantitative estimate of drug-likeness (QED) is 0.702. The van der Waals surface area contributed by atoms with Crippen LogP contribution in [0.15, 0.2) is 36.5 Å². The Balaban J connectivity index is 0.00000225.